The molecule has 0 saturated heterocycles. The van der Waals surface area contributed by atoms with Crippen molar-refractivity contribution >= 4 is 16.7 Å². The number of aromatic nitrogens is 5. The SMILES string of the molecule is [2H]C([2H])([2H])[n+]1c2n(c3cc4cnccn4c31)Cc1cnccc1-2. The van der Waals surface area contributed by atoms with Crippen LogP contribution in [-0.2, 0) is 13.5 Å². The molecule has 0 N–H and O–H groups in total. The zero-order chi connectivity index (χ0) is 15.8. The molecule has 0 spiro atoms. The zero-order valence-corrected chi connectivity index (χ0v) is 10.5. The summed E-state index contributed by atoms with van der Waals surface area (Å²) in [6.45, 7) is -1.65. The van der Waals surface area contributed by atoms with Gasteiger partial charge in [-0.1, -0.05) is 0 Å². The average molecular weight is 265 g/mol. The number of hydrogen-bond donors (Lipinski definition) is 0. The fourth-order valence-electron chi connectivity index (χ4n) is 3.12. The molecule has 0 aliphatic carbocycles. The van der Waals surface area contributed by atoms with Crippen molar-refractivity contribution in [3.8, 4) is 11.4 Å². The van der Waals surface area contributed by atoms with Crippen molar-refractivity contribution in [2.24, 2.45) is 6.98 Å². The van der Waals surface area contributed by atoms with E-state index < -0.39 is 6.98 Å². The fourth-order valence-corrected chi connectivity index (χ4v) is 3.12. The van der Waals surface area contributed by atoms with E-state index in [0.717, 1.165) is 22.2 Å². The van der Waals surface area contributed by atoms with Crippen molar-refractivity contribution in [1.29, 1.82) is 0 Å². The Morgan fingerprint density at radius 3 is 3.20 bits per heavy atom. The Balaban J connectivity index is 2.01. The lowest BCUT2D eigenvalue weighted by molar-refractivity contribution is -0.636. The quantitative estimate of drug-likeness (QED) is 0.398. The first-order valence-electron chi connectivity index (χ1n) is 7.89. The Morgan fingerprint density at radius 2 is 2.25 bits per heavy atom. The van der Waals surface area contributed by atoms with E-state index in [1.165, 1.54) is 4.57 Å². The van der Waals surface area contributed by atoms with Gasteiger partial charge in [-0.25, -0.2) is 13.5 Å². The number of pyridine rings is 1. The monoisotopic (exact) mass is 265 g/mol. The molecular formula is C15H12N5+. The maximum atomic E-state index is 8.03. The van der Waals surface area contributed by atoms with Gasteiger partial charge in [-0.2, -0.15) is 0 Å². The molecule has 0 fully saturated rings. The van der Waals surface area contributed by atoms with Gasteiger partial charge >= 0.3 is 0 Å². The summed E-state index contributed by atoms with van der Waals surface area (Å²) >= 11 is 0. The van der Waals surface area contributed by atoms with E-state index in [9.17, 15) is 0 Å². The number of nitrogens with zero attached hydrogens (tertiary/aromatic N) is 5. The Labute approximate surface area is 119 Å². The van der Waals surface area contributed by atoms with Crippen molar-refractivity contribution in [1.82, 2.24) is 18.9 Å². The van der Waals surface area contributed by atoms with Crippen LogP contribution in [0.1, 0.15) is 9.68 Å². The molecule has 5 rings (SSSR count). The molecular weight excluding hydrogens is 250 g/mol. The van der Waals surface area contributed by atoms with Crippen molar-refractivity contribution in [3.63, 3.8) is 0 Å². The van der Waals surface area contributed by atoms with Crippen LogP contribution in [0.4, 0.5) is 0 Å². The Morgan fingerprint density at radius 1 is 1.30 bits per heavy atom. The van der Waals surface area contributed by atoms with E-state index in [4.69, 9.17) is 4.11 Å². The minimum Gasteiger partial charge on any atom is -0.264 e. The van der Waals surface area contributed by atoms with Gasteiger partial charge in [-0.15, -0.1) is 0 Å². The largest absolute Gasteiger partial charge is 0.273 e. The van der Waals surface area contributed by atoms with Crippen LogP contribution in [0.25, 0.3) is 28.1 Å². The van der Waals surface area contributed by atoms with Gasteiger partial charge in [0, 0.05) is 24.0 Å². The number of rotatable bonds is 0. The van der Waals surface area contributed by atoms with Gasteiger partial charge in [0.25, 0.3) is 5.65 Å². The standard InChI is InChI=1S/C15H12N5/c1-18-14-12-2-3-16-7-10(12)9-20(14)13-6-11-8-17-4-5-19(11)15(13)18/h2-8H,9H2,1H3/q+1/i1D3. The highest BCUT2D eigenvalue weighted by Gasteiger charge is 2.32. The molecule has 20 heavy (non-hydrogen) atoms. The summed E-state index contributed by atoms with van der Waals surface area (Å²) in [6, 6.07) is 3.86. The normalized spacial score (nSPS) is 15.9. The van der Waals surface area contributed by atoms with E-state index in [-0.39, 0.29) is 0 Å². The molecule has 0 saturated carbocycles. The molecule has 0 amide bonds. The molecule has 4 aromatic heterocycles. The second kappa shape index (κ2) is 3.25. The molecule has 1 aliphatic heterocycles. The van der Waals surface area contributed by atoms with Gasteiger partial charge in [0.15, 0.2) is 5.52 Å². The minimum atomic E-state index is -2.28. The molecule has 0 atom stereocenters. The summed E-state index contributed by atoms with van der Waals surface area (Å²) < 4.78 is 29.5. The first kappa shape index (κ1) is 7.79. The maximum absolute atomic E-state index is 8.03. The van der Waals surface area contributed by atoms with E-state index >= 15 is 0 Å². The highest BCUT2D eigenvalue weighted by atomic mass is 15.2. The maximum Gasteiger partial charge on any atom is 0.273 e. The summed E-state index contributed by atoms with van der Waals surface area (Å²) in [5.41, 5.74) is 4.39. The average Bonchev–Trinajstić information content (AvgIpc) is 3.13. The molecule has 4 aromatic rings. The molecule has 0 bridgehead atoms. The van der Waals surface area contributed by atoms with Gasteiger partial charge in [0.05, 0.1) is 41.8 Å². The highest BCUT2D eigenvalue weighted by molar-refractivity contribution is 5.83. The van der Waals surface area contributed by atoms with Crippen LogP contribution in [0.3, 0.4) is 0 Å². The van der Waals surface area contributed by atoms with Crippen LogP contribution in [0, 0.1) is 0 Å². The third kappa shape index (κ3) is 1.02. The van der Waals surface area contributed by atoms with Gasteiger partial charge in [0.1, 0.15) is 5.52 Å². The van der Waals surface area contributed by atoms with Crippen LogP contribution >= 0.6 is 0 Å². The van der Waals surface area contributed by atoms with Gasteiger partial charge in [-0.3, -0.25) is 9.97 Å². The molecule has 1 aliphatic rings. The van der Waals surface area contributed by atoms with Crippen molar-refractivity contribution < 1.29 is 8.68 Å². The van der Waals surface area contributed by atoms with Crippen LogP contribution in [0.5, 0.6) is 0 Å². The second-order valence-electron chi connectivity index (χ2n) is 5.00. The second-order valence-corrected chi connectivity index (χ2v) is 5.00. The summed E-state index contributed by atoms with van der Waals surface area (Å²) in [5.74, 6) is 0.707. The van der Waals surface area contributed by atoms with Crippen molar-refractivity contribution in [2.75, 3.05) is 0 Å². The third-order valence-corrected chi connectivity index (χ3v) is 3.97. The highest BCUT2D eigenvalue weighted by Crippen LogP contribution is 2.33. The summed E-state index contributed by atoms with van der Waals surface area (Å²) in [5, 5.41) is 0. The Bertz CT molecular complexity index is 1090. The molecule has 0 aromatic carbocycles. The topological polar surface area (TPSA) is 39.0 Å². The lowest BCUT2D eigenvalue weighted by atomic mass is 10.2. The zero-order valence-electron chi connectivity index (χ0n) is 13.5. The molecule has 5 nitrogen and oxygen atoms in total. The van der Waals surface area contributed by atoms with Gasteiger partial charge < -0.3 is 0 Å². The summed E-state index contributed by atoms with van der Waals surface area (Å²) in [6.07, 6.45) is 8.70. The molecule has 96 valence electrons. The molecule has 0 unspecified atom stereocenters. The van der Waals surface area contributed by atoms with Crippen molar-refractivity contribution in [3.05, 3.63) is 48.7 Å². The van der Waals surface area contributed by atoms with Gasteiger partial charge in [-0.05, 0) is 6.07 Å². The van der Waals surface area contributed by atoms with Crippen molar-refractivity contribution in [2.45, 2.75) is 6.54 Å². The van der Waals surface area contributed by atoms with Crippen LogP contribution in [0.15, 0.2) is 43.1 Å². The van der Waals surface area contributed by atoms with Crippen LogP contribution in [0.2, 0.25) is 0 Å². The number of fused-ring (bicyclic) bond motifs is 7. The van der Waals surface area contributed by atoms with Crippen LogP contribution in [-0.4, -0.2) is 18.9 Å². The Kier molecular flexibility index (Phi) is 1.27. The smallest absolute Gasteiger partial charge is 0.264 e. The summed E-state index contributed by atoms with van der Waals surface area (Å²) in [7, 11) is 0. The first-order chi connectivity index (χ1) is 11.1. The number of aryl methyl sites for hydroxylation is 1. The molecule has 5 heterocycles. The fraction of sp³-hybridized carbons (Fsp3) is 0.133. The minimum absolute atomic E-state index is 0.627. The van der Waals surface area contributed by atoms with E-state index in [2.05, 4.69) is 9.97 Å². The Hall–Kier alpha value is -2.69. The first-order valence-corrected chi connectivity index (χ1v) is 6.39. The lowest BCUT2D eigenvalue weighted by Gasteiger charge is -1.97. The number of imidazole rings is 1. The molecule has 0 radical (unpaired) electrons. The van der Waals surface area contributed by atoms with Gasteiger partial charge in [0.2, 0.25) is 5.82 Å². The third-order valence-electron chi connectivity index (χ3n) is 3.97. The van der Waals surface area contributed by atoms with Crippen LogP contribution < -0.4 is 4.57 Å². The van der Waals surface area contributed by atoms with E-state index in [0.29, 0.717) is 18.0 Å². The lowest BCUT2D eigenvalue weighted by Crippen LogP contribution is -2.30. The van der Waals surface area contributed by atoms with E-state index in [1.54, 1.807) is 31.0 Å². The predicted octanol–water partition coefficient (Wildman–Crippen LogP) is 1.54. The number of hydrogen-bond acceptors (Lipinski definition) is 2. The van der Waals surface area contributed by atoms with E-state index in [1.807, 2.05) is 21.1 Å². The predicted molar refractivity (Wildman–Crippen MR) is 74.2 cm³/mol. The molecule has 5 heteroatoms. The summed E-state index contributed by atoms with van der Waals surface area (Å²) in [4.78, 5) is 8.28.